The molecule has 1 heterocycles. The molecule has 11 aromatic carbocycles. The van der Waals surface area contributed by atoms with Gasteiger partial charge in [0.2, 0.25) is 0 Å². The van der Waals surface area contributed by atoms with E-state index in [1.54, 1.807) is 0 Å². The van der Waals surface area contributed by atoms with Crippen LogP contribution in [0.1, 0.15) is 0 Å². The maximum Gasteiger partial charge on any atom is 0.0547 e. The number of para-hydroxylation sites is 1. The van der Waals surface area contributed by atoms with Crippen molar-refractivity contribution in [2.24, 2.45) is 0 Å². The second-order valence-corrected chi connectivity index (χ2v) is 15.7. The van der Waals surface area contributed by atoms with Crippen LogP contribution in [0.25, 0.3) is 92.8 Å². The van der Waals surface area contributed by atoms with Crippen molar-refractivity contribution in [1.82, 2.24) is 4.57 Å². The molecule has 0 aliphatic heterocycles. The van der Waals surface area contributed by atoms with E-state index in [9.17, 15) is 0 Å². The summed E-state index contributed by atoms with van der Waals surface area (Å²) in [5, 5.41) is 12.7. The number of rotatable bonds is 6. The van der Waals surface area contributed by atoms with Crippen LogP contribution in [-0.2, 0) is 0 Å². The molecule has 0 bridgehead atoms. The molecule has 0 fully saturated rings. The largest absolute Gasteiger partial charge is 0.310 e. The van der Waals surface area contributed by atoms with Gasteiger partial charge in [0.1, 0.15) is 0 Å². The maximum absolute atomic E-state index is 2.41. The Morgan fingerprint density at radius 3 is 1.45 bits per heavy atom. The zero-order chi connectivity index (χ0) is 39.6. The molecular weight excluding hydrogens is 725 g/mol. The van der Waals surface area contributed by atoms with Gasteiger partial charge in [-0.05, 0) is 132 Å². The first-order valence-corrected chi connectivity index (χ1v) is 20.7. The normalized spacial score (nSPS) is 11.7. The predicted molar refractivity (Wildman–Crippen MR) is 256 cm³/mol. The SMILES string of the molecule is c1ccc(-c2cccc(-c3ccc(N(c4ccc(-n5c6ccccc6c6c7ccccc7ccc65)cc4)c4ccc5c6ccccc6c6ccccc6c5c4)cc3)c2)cc1. The van der Waals surface area contributed by atoms with Crippen LogP contribution in [0, 0.1) is 0 Å². The summed E-state index contributed by atoms with van der Waals surface area (Å²) >= 11 is 0. The molecule has 0 aliphatic carbocycles. The molecule has 0 N–H and O–H groups in total. The van der Waals surface area contributed by atoms with Crippen molar-refractivity contribution >= 4 is 82.0 Å². The van der Waals surface area contributed by atoms with Gasteiger partial charge in [-0.25, -0.2) is 0 Å². The highest BCUT2D eigenvalue weighted by Gasteiger charge is 2.18. The van der Waals surface area contributed by atoms with E-state index in [4.69, 9.17) is 0 Å². The van der Waals surface area contributed by atoms with Gasteiger partial charge in [0.15, 0.2) is 0 Å². The zero-order valence-corrected chi connectivity index (χ0v) is 32.8. The van der Waals surface area contributed by atoms with E-state index in [-0.39, 0.29) is 0 Å². The van der Waals surface area contributed by atoms with Crippen molar-refractivity contribution in [3.8, 4) is 27.9 Å². The van der Waals surface area contributed by atoms with Gasteiger partial charge in [-0.1, -0.05) is 164 Å². The minimum absolute atomic E-state index is 1.09. The van der Waals surface area contributed by atoms with Gasteiger partial charge >= 0.3 is 0 Å². The summed E-state index contributed by atoms with van der Waals surface area (Å²) in [6.07, 6.45) is 0. The Balaban J connectivity index is 1.02. The fourth-order valence-corrected chi connectivity index (χ4v) is 9.56. The standard InChI is InChI=1S/C58H38N2/c1-2-13-39(14-3-1)42-16-12-17-43(37-42)40-25-28-44(29-26-40)59(47-34-35-53-51-21-7-6-19-49(51)50-20-8-9-22-52(50)55(53)38-47)45-30-32-46(33-31-45)60-56-24-11-10-23-54(56)58-48-18-5-4-15-41(48)27-36-57(58)60/h1-38H. The molecule has 12 rings (SSSR count). The quantitative estimate of drug-likeness (QED) is 0.153. The molecule has 0 spiro atoms. The molecule has 1 aromatic heterocycles. The highest BCUT2D eigenvalue weighted by atomic mass is 15.1. The molecule has 0 saturated heterocycles. The highest BCUT2D eigenvalue weighted by Crippen LogP contribution is 2.43. The molecule has 0 aliphatic rings. The molecule has 0 amide bonds. The van der Waals surface area contributed by atoms with Gasteiger partial charge in [-0.15, -0.1) is 0 Å². The minimum atomic E-state index is 1.09. The number of benzene rings is 11. The molecule has 0 radical (unpaired) electrons. The van der Waals surface area contributed by atoms with Crippen LogP contribution < -0.4 is 4.90 Å². The Morgan fingerprint density at radius 1 is 0.267 bits per heavy atom. The number of hydrogen-bond donors (Lipinski definition) is 0. The molecule has 0 saturated carbocycles. The van der Waals surface area contributed by atoms with Gasteiger partial charge in [0.05, 0.1) is 11.0 Å². The lowest BCUT2D eigenvalue weighted by molar-refractivity contribution is 1.17. The summed E-state index contributed by atoms with van der Waals surface area (Å²) in [6.45, 7) is 0. The molecule has 2 nitrogen and oxygen atoms in total. The third kappa shape index (κ3) is 5.50. The minimum Gasteiger partial charge on any atom is -0.310 e. The lowest BCUT2D eigenvalue weighted by atomic mass is 9.94. The maximum atomic E-state index is 2.41. The molecule has 60 heavy (non-hydrogen) atoms. The summed E-state index contributed by atoms with van der Waals surface area (Å²) in [6, 6.07) is 84.2. The predicted octanol–water partition coefficient (Wildman–Crippen LogP) is 16.2. The first kappa shape index (κ1) is 34.1. The van der Waals surface area contributed by atoms with Crippen LogP contribution in [0.2, 0.25) is 0 Å². The number of nitrogens with zero attached hydrogens (tertiary/aromatic N) is 2. The van der Waals surface area contributed by atoms with Gasteiger partial charge in [-0.3, -0.25) is 0 Å². The molecule has 12 aromatic rings. The zero-order valence-electron chi connectivity index (χ0n) is 32.8. The van der Waals surface area contributed by atoms with Crippen molar-refractivity contribution in [1.29, 1.82) is 0 Å². The van der Waals surface area contributed by atoms with Crippen LogP contribution in [0.3, 0.4) is 0 Å². The molecule has 0 atom stereocenters. The van der Waals surface area contributed by atoms with Gasteiger partial charge < -0.3 is 9.47 Å². The number of anilines is 3. The molecular formula is C58H38N2. The smallest absolute Gasteiger partial charge is 0.0547 e. The Morgan fingerprint density at radius 2 is 0.767 bits per heavy atom. The Bertz CT molecular complexity index is 3550. The monoisotopic (exact) mass is 762 g/mol. The van der Waals surface area contributed by atoms with Crippen LogP contribution in [0.4, 0.5) is 17.1 Å². The average molecular weight is 763 g/mol. The lowest BCUT2D eigenvalue weighted by Crippen LogP contribution is -2.10. The van der Waals surface area contributed by atoms with E-state index in [1.165, 1.54) is 87.1 Å². The summed E-state index contributed by atoms with van der Waals surface area (Å²) < 4.78 is 2.41. The first-order chi connectivity index (χ1) is 29.8. The number of fused-ring (bicyclic) bond motifs is 11. The van der Waals surface area contributed by atoms with E-state index in [0.717, 1.165) is 22.7 Å². The van der Waals surface area contributed by atoms with Crippen LogP contribution >= 0.6 is 0 Å². The van der Waals surface area contributed by atoms with Crippen molar-refractivity contribution in [3.05, 3.63) is 231 Å². The summed E-state index contributed by atoms with van der Waals surface area (Å²) in [5.74, 6) is 0. The van der Waals surface area contributed by atoms with Crippen LogP contribution in [0.5, 0.6) is 0 Å². The van der Waals surface area contributed by atoms with Crippen LogP contribution in [0.15, 0.2) is 231 Å². The van der Waals surface area contributed by atoms with E-state index in [0.29, 0.717) is 0 Å². The Hall–Kier alpha value is -7.94. The topological polar surface area (TPSA) is 8.17 Å². The van der Waals surface area contributed by atoms with Crippen molar-refractivity contribution < 1.29 is 0 Å². The van der Waals surface area contributed by atoms with Gasteiger partial charge in [0.25, 0.3) is 0 Å². The summed E-state index contributed by atoms with van der Waals surface area (Å²) in [5.41, 5.74) is 11.6. The fraction of sp³-hybridized carbons (Fsp3) is 0. The molecule has 2 heteroatoms. The average Bonchev–Trinajstić information content (AvgIpc) is 3.67. The number of hydrogen-bond acceptors (Lipinski definition) is 1. The third-order valence-electron chi connectivity index (χ3n) is 12.3. The first-order valence-electron chi connectivity index (χ1n) is 20.7. The Kier molecular flexibility index (Phi) is 7.89. The molecule has 280 valence electrons. The van der Waals surface area contributed by atoms with Crippen molar-refractivity contribution in [2.45, 2.75) is 0 Å². The fourth-order valence-electron chi connectivity index (χ4n) is 9.56. The van der Waals surface area contributed by atoms with Crippen molar-refractivity contribution in [3.63, 3.8) is 0 Å². The van der Waals surface area contributed by atoms with E-state index < -0.39 is 0 Å². The summed E-state index contributed by atoms with van der Waals surface area (Å²) in [7, 11) is 0. The highest BCUT2D eigenvalue weighted by molar-refractivity contribution is 6.26. The Labute approximate surface area is 348 Å². The van der Waals surface area contributed by atoms with E-state index in [2.05, 4.69) is 240 Å². The van der Waals surface area contributed by atoms with E-state index in [1.807, 2.05) is 0 Å². The van der Waals surface area contributed by atoms with Gasteiger partial charge in [0, 0.05) is 33.5 Å². The van der Waals surface area contributed by atoms with Crippen LogP contribution in [-0.4, -0.2) is 4.57 Å². The molecule has 0 unspecified atom stereocenters. The van der Waals surface area contributed by atoms with Crippen molar-refractivity contribution in [2.75, 3.05) is 4.90 Å². The third-order valence-corrected chi connectivity index (χ3v) is 12.3. The lowest BCUT2D eigenvalue weighted by Gasteiger charge is -2.27. The van der Waals surface area contributed by atoms with Gasteiger partial charge in [-0.2, -0.15) is 0 Å². The summed E-state index contributed by atoms with van der Waals surface area (Å²) in [4.78, 5) is 2.40. The number of aromatic nitrogens is 1. The second kappa shape index (κ2) is 13.9. The second-order valence-electron chi connectivity index (χ2n) is 15.7. The van der Waals surface area contributed by atoms with E-state index >= 15 is 0 Å².